The van der Waals surface area contributed by atoms with Gasteiger partial charge in [-0.2, -0.15) is 0 Å². The Labute approximate surface area is 118 Å². The van der Waals surface area contributed by atoms with Crippen LogP contribution in [0.3, 0.4) is 0 Å². The molecule has 0 bridgehead atoms. The van der Waals surface area contributed by atoms with Crippen LogP contribution in [0.15, 0.2) is 24.3 Å². The van der Waals surface area contributed by atoms with Gasteiger partial charge in [-0.1, -0.05) is 0 Å². The van der Waals surface area contributed by atoms with E-state index >= 15 is 0 Å². The lowest BCUT2D eigenvalue weighted by Gasteiger charge is -2.26. The summed E-state index contributed by atoms with van der Waals surface area (Å²) in [6.07, 6.45) is 0.467. The van der Waals surface area contributed by atoms with Crippen LogP contribution in [0.2, 0.25) is 0 Å². The van der Waals surface area contributed by atoms with Crippen molar-refractivity contribution in [2.75, 3.05) is 38.2 Å². The Balaban J connectivity index is 1.77. The van der Waals surface area contributed by atoms with Crippen LogP contribution in [0.1, 0.15) is 23.7 Å². The molecule has 1 saturated heterocycles. The van der Waals surface area contributed by atoms with Gasteiger partial charge in [0.2, 0.25) is 5.91 Å². The van der Waals surface area contributed by atoms with Crippen LogP contribution in [-0.4, -0.2) is 49.4 Å². The Kier molecular flexibility index (Phi) is 5.26. The maximum atomic E-state index is 11.8. The van der Waals surface area contributed by atoms with Gasteiger partial charge >= 0.3 is 0 Å². The monoisotopic (exact) mass is 276 g/mol. The Morgan fingerprint density at radius 2 is 1.85 bits per heavy atom. The SMILES string of the molecule is CC(=O)c1ccc(NC(=O)CCN2CCOCC2)cc1. The van der Waals surface area contributed by atoms with Crippen molar-refractivity contribution >= 4 is 17.4 Å². The maximum Gasteiger partial charge on any atom is 0.225 e. The number of amides is 1. The van der Waals surface area contributed by atoms with Crippen LogP contribution < -0.4 is 5.32 Å². The third-order valence-electron chi connectivity index (χ3n) is 3.33. The fourth-order valence-corrected chi connectivity index (χ4v) is 2.10. The minimum atomic E-state index is -0.00735. The maximum absolute atomic E-state index is 11.8. The van der Waals surface area contributed by atoms with Gasteiger partial charge in [0.25, 0.3) is 0 Å². The summed E-state index contributed by atoms with van der Waals surface area (Å²) in [7, 11) is 0. The molecule has 20 heavy (non-hydrogen) atoms. The lowest BCUT2D eigenvalue weighted by atomic mass is 10.1. The molecule has 0 radical (unpaired) electrons. The van der Waals surface area contributed by atoms with E-state index in [1.807, 2.05) is 0 Å². The van der Waals surface area contributed by atoms with Gasteiger partial charge in [-0.3, -0.25) is 14.5 Å². The first-order valence-electron chi connectivity index (χ1n) is 6.86. The highest BCUT2D eigenvalue weighted by Gasteiger charge is 2.12. The van der Waals surface area contributed by atoms with Gasteiger partial charge in [-0.25, -0.2) is 0 Å². The van der Waals surface area contributed by atoms with Crippen molar-refractivity contribution in [2.24, 2.45) is 0 Å². The summed E-state index contributed by atoms with van der Waals surface area (Å²) in [5.74, 6) is 0.0160. The average Bonchev–Trinajstić information content (AvgIpc) is 2.47. The summed E-state index contributed by atoms with van der Waals surface area (Å²) in [5.41, 5.74) is 1.37. The smallest absolute Gasteiger partial charge is 0.225 e. The van der Waals surface area contributed by atoms with Crippen LogP contribution >= 0.6 is 0 Å². The summed E-state index contributed by atoms with van der Waals surface area (Å²) in [6.45, 7) is 5.54. The number of benzene rings is 1. The van der Waals surface area contributed by atoms with Gasteiger partial charge in [0, 0.05) is 37.3 Å². The molecule has 2 rings (SSSR count). The highest BCUT2D eigenvalue weighted by Crippen LogP contribution is 2.10. The normalized spacial score (nSPS) is 15.8. The molecule has 0 spiro atoms. The van der Waals surface area contributed by atoms with E-state index in [1.54, 1.807) is 24.3 Å². The number of rotatable bonds is 5. The number of carbonyl (C=O) groups excluding carboxylic acids is 2. The molecule has 1 amide bonds. The predicted molar refractivity (Wildman–Crippen MR) is 77.0 cm³/mol. The van der Waals surface area contributed by atoms with Gasteiger partial charge in [-0.15, -0.1) is 0 Å². The molecular weight excluding hydrogens is 256 g/mol. The standard InChI is InChI=1S/C15H20N2O3/c1-12(18)13-2-4-14(5-3-13)16-15(19)6-7-17-8-10-20-11-9-17/h2-5H,6-11H2,1H3,(H,16,19). The highest BCUT2D eigenvalue weighted by atomic mass is 16.5. The molecule has 1 heterocycles. The van der Waals surface area contributed by atoms with Crippen molar-refractivity contribution in [1.29, 1.82) is 0 Å². The van der Waals surface area contributed by atoms with Gasteiger partial charge in [0.05, 0.1) is 13.2 Å². The number of morpholine rings is 1. The molecule has 1 N–H and O–H groups in total. The van der Waals surface area contributed by atoms with Gasteiger partial charge in [0.15, 0.2) is 5.78 Å². The molecule has 5 heteroatoms. The predicted octanol–water partition coefficient (Wildman–Crippen LogP) is 1.55. The molecule has 0 aromatic heterocycles. The molecule has 1 aromatic rings. The number of carbonyl (C=O) groups is 2. The first kappa shape index (κ1) is 14.7. The number of anilines is 1. The number of hydrogen-bond donors (Lipinski definition) is 1. The lowest BCUT2D eigenvalue weighted by molar-refractivity contribution is -0.116. The van der Waals surface area contributed by atoms with Crippen LogP contribution in [-0.2, 0) is 9.53 Å². The largest absolute Gasteiger partial charge is 0.379 e. The van der Waals surface area contributed by atoms with E-state index in [-0.39, 0.29) is 11.7 Å². The second-order valence-electron chi connectivity index (χ2n) is 4.89. The second-order valence-corrected chi connectivity index (χ2v) is 4.89. The fraction of sp³-hybridized carbons (Fsp3) is 0.467. The van der Waals surface area contributed by atoms with E-state index in [0.29, 0.717) is 12.0 Å². The van der Waals surface area contributed by atoms with E-state index in [4.69, 9.17) is 4.74 Å². The summed E-state index contributed by atoms with van der Waals surface area (Å²) < 4.78 is 5.26. The number of hydrogen-bond acceptors (Lipinski definition) is 4. The Bertz CT molecular complexity index is 465. The highest BCUT2D eigenvalue weighted by molar-refractivity contribution is 5.95. The molecule has 0 saturated carbocycles. The molecule has 0 unspecified atom stereocenters. The zero-order valence-electron chi connectivity index (χ0n) is 11.7. The van der Waals surface area contributed by atoms with Crippen molar-refractivity contribution < 1.29 is 14.3 Å². The molecule has 1 fully saturated rings. The van der Waals surface area contributed by atoms with Crippen molar-refractivity contribution in [3.63, 3.8) is 0 Å². The number of nitrogens with zero attached hydrogens (tertiary/aromatic N) is 1. The second kappa shape index (κ2) is 7.17. The molecule has 0 atom stereocenters. The minimum Gasteiger partial charge on any atom is -0.379 e. The summed E-state index contributed by atoms with van der Waals surface area (Å²) in [4.78, 5) is 25.2. The molecule has 1 aliphatic heterocycles. The average molecular weight is 276 g/mol. The van der Waals surface area contributed by atoms with Gasteiger partial charge in [-0.05, 0) is 31.2 Å². The van der Waals surface area contributed by atoms with E-state index < -0.39 is 0 Å². The molecule has 5 nitrogen and oxygen atoms in total. The summed E-state index contributed by atoms with van der Waals surface area (Å²) >= 11 is 0. The van der Waals surface area contributed by atoms with Gasteiger partial charge in [0.1, 0.15) is 0 Å². The minimum absolute atomic E-state index is 0.00735. The number of ketones is 1. The van der Waals surface area contributed by atoms with E-state index in [0.717, 1.165) is 38.5 Å². The Hall–Kier alpha value is -1.72. The van der Waals surface area contributed by atoms with Crippen molar-refractivity contribution in [2.45, 2.75) is 13.3 Å². The van der Waals surface area contributed by atoms with Gasteiger partial charge < -0.3 is 10.1 Å². The van der Waals surface area contributed by atoms with E-state index in [9.17, 15) is 9.59 Å². The Morgan fingerprint density at radius 1 is 1.20 bits per heavy atom. The van der Waals surface area contributed by atoms with Crippen molar-refractivity contribution in [1.82, 2.24) is 4.90 Å². The first-order valence-corrected chi connectivity index (χ1v) is 6.86. The fourth-order valence-electron chi connectivity index (χ4n) is 2.10. The van der Waals surface area contributed by atoms with Crippen molar-refractivity contribution in [3.05, 3.63) is 29.8 Å². The van der Waals surface area contributed by atoms with Crippen LogP contribution in [0.4, 0.5) is 5.69 Å². The third-order valence-corrected chi connectivity index (χ3v) is 3.33. The summed E-state index contributed by atoms with van der Waals surface area (Å²) in [5, 5.41) is 2.84. The molecule has 108 valence electrons. The van der Waals surface area contributed by atoms with E-state index in [1.165, 1.54) is 6.92 Å². The molecule has 0 aliphatic carbocycles. The number of nitrogens with one attached hydrogen (secondary N) is 1. The zero-order valence-corrected chi connectivity index (χ0v) is 11.7. The van der Waals surface area contributed by atoms with Crippen LogP contribution in [0.5, 0.6) is 0 Å². The van der Waals surface area contributed by atoms with E-state index in [2.05, 4.69) is 10.2 Å². The summed E-state index contributed by atoms with van der Waals surface area (Å²) in [6, 6.07) is 6.95. The number of Topliss-reactive ketones (excluding diaryl/α,β-unsaturated/α-hetero) is 1. The van der Waals surface area contributed by atoms with Crippen LogP contribution in [0, 0.1) is 0 Å². The van der Waals surface area contributed by atoms with Crippen molar-refractivity contribution in [3.8, 4) is 0 Å². The van der Waals surface area contributed by atoms with Crippen LogP contribution in [0.25, 0.3) is 0 Å². The first-order chi connectivity index (χ1) is 9.65. The molecular formula is C15H20N2O3. The zero-order chi connectivity index (χ0) is 14.4. The quantitative estimate of drug-likeness (QED) is 0.829. The Morgan fingerprint density at radius 3 is 2.45 bits per heavy atom. The number of ether oxygens (including phenoxy) is 1. The topological polar surface area (TPSA) is 58.6 Å². The molecule has 1 aliphatic rings. The third kappa shape index (κ3) is 4.43. The molecule has 1 aromatic carbocycles. The lowest BCUT2D eigenvalue weighted by Crippen LogP contribution is -2.38.